The van der Waals surface area contributed by atoms with Crippen LogP contribution in [0.25, 0.3) is 11.0 Å². The van der Waals surface area contributed by atoms with E-state index >= 15 is 0 Å². The number of rotatable bonds is 5. The lowest BCUT2D eigenvalue weighted by Crippen LogP contribution is -2.18. The van der Waals surface area contributed by atoms with Gasteiger partial charge in [-0.3, -0.25) is 0 Å². The zero-order chi connectivity index (χ0) is 14.0. The van der Waals surface area contributed by atoms with Crippen molar-refractivity contribution in [3.8, 4) is 0 Å². The summed E-state index contributed by atoms with van der Waals surface area (Å²) in [5, 5.41) is 14.2. The van der Waals surface area contributed by atoms with E-state index < -0.39 is 10.0 Å². The van der Waals surface area contributed by atoms with Crippen molar-refractivity contribution in [3.05, 3.63) is 24.0 Å². The molecule has 0 radical (unpaired) electrons. The third-order valence-electron chi connectivity index (χ3n) is 2.80. The van der Waals surface area contributed by atoms with E-state index in [1.807, 2.05) is 0 Å². The molecule has 0 aliphatic rings. The lowest BCUT2D eigenvalue weighted by atomic mass is 10.3. The lowest BCUT2D eigenvalue weighted by Gasteiger charge is -2.07. The first kappa shape index (κ1) is 13.8. The molecule has 104 valence electrons. The molecule has 0 spiro atoms. The molecule has 0 aliphatic carbocycles. The number of imidazole rings is 1. The normalized spacial score (nSPS) is 12.1. The summed E-state index contributed by atoms with van der Waals surface area (Å²) in [5.74, 6) is 0.377. The molecule has 1 aromatic heterocycles. The van der Waals surface area contributed by atoms with Gasteiger partial charge in [0.25, 0.3) is 0 Å². The van der Waals surface area contributed by atoms with E-state index in [0.29, 0.717) is 30.0 Å². The van der Waals surface area contributed by atoms with Crippen LogP contribution in [0, 0.1) is 0 Å². The van der Waals surface area contributed by atoms with E-state index in [2.05, 4.69) is 4.98 Å². The van der Waals surface area contributed by atoms with Crippen LogP contribution in [0.4, 0.5) is 5.69 Å². The third-order valence-corrected chi connectivity index (χ3v) is 3.66. The smallest absolute Gasteiger partial charge is 0.209 e. The van der Waals surface area contributed by atoms with Crippen LogP contribution in [-0.2, 0) is 23.2 Å². The number of benzene rings is 1. The predicted molar refractivity (Wildman–Crippen MR) is 72.7 cm³/mol. The fourth-order valence-electron chi connectivity index (χ4n) is 1.99. The highest BCUT2D eigenvalue weighted by molar-refractivity contribution is 7.89. The van der Waals surface area contributed by atoms with Crippen molar-refractivity contribution in [3.63, 3.8) is 0 Å². The van der Waals surface area contributed by atoms with Crippen molar-refractivity contribution in [2.75, 3.05) is 11.5 Å². The number of nitrogen functional groups attached to an aromatic ring is 1. The van der Waals surface area contributed by atoms with E-state index in [4.69, 9.17) is 10.9 Å². The third kappa shape index (κ3) is 3.22. The molecular formula is C11H16N4O3S. The molecule has 5 N–H and O–H groups in total. The number of aryl methyl sites for hydroxylation is 1. The molecule has 0 amide bonds. The second-order valence-corrected chi connectivity index (χ2v) is 6.04. The summed E-state index contributed by atoms with van der Waals surface area (Å²) in [4.78, 5) is 4.26. The van der Waals surface area contributed by atoms with E-state index in [-0.39, 0.29) is 12.4 Å². The average molecular weight is 284 g/mol. The van der Waals surface area contributed by atoms with Crippen LogP contribution in [0.1, 0.15) is 12.2 Å². The van der Waals surface area contributed by atoms with Gasteiger partial charge in [-0.1, -0.05) is 0 Å². The molecule has 1 heterocycles. The number of anilines is 1. The maximum atomic E-state index is 10.9. The van der Waals surface area contributed by atoms with Crippen molar-refractivity contribution in [1.82, 2.24) is 9.55 Å². The summed E-state index contributed by atoms with van der Waals surface area (Å²) in [6, 6.07) is 5.25. The molecule has 0 unspecified atom stereocenters. The highest BCUT2D eigenvalue weighted by Gasteiger charge is 2.11. The molecule has 2 aromatic rings. The van der Waals surface area contributed by atoms with Crippen LogP contribution in [-0.4, -0.2) is 28.8 Å². The fourth-order valence-corrected chi connectivity index (χ4v) is 2.52. The van der Waals surface area contributed by atoms with Gasteiger partial charge in [0.2, 0.25) is 10.0 Å². The van der Waals surface area contributed by atoms with Crippen LogP contribution < -0.4 is 10.9 Å². The van der Waals surface area contributed by atoms with Gasteiger partial charge >= 0.3 is 0 Å². The first-order valence-electron chi connectivity index (χ1n) is 5.76. The lowest BCUT2D eigenvalue weighted by molar-refractivity contribution is 0.266. The van der Waals surface area contributed by atoms with Crippen molar-refractivity contribution in [2.45, 2.75) is 19.6 Å². The standard InChI is InChI=1S/C11H16N4O3S/c12-8-2-3-10-9(6-8)14-11(7-16)15(10)4-1-5-19(13,17)18/h2-3,6,16H,1,4-5,7,12H2,(H2,13,17,18). The van der Waals surface area contributed by atoms with Crippen molar-refractivity contribution in [2.24, 2.45) is 5.14 Å². The number of fused-ring (bicyclic) bond motifs is 1. The number of primary sulfonamides is 1. The summed E-state index contributed by atoms with van der Waals surface area (Å²) in [7, 11) is -3.47. The van der Waals surface area contributed by atoms with Gasteiger partial charge in [0.1, 0.15) is 12.4 Å². The number of aliphatic hydroxyl groups excluding tert-OH is 1. The number of aromatic nitrogens is 2. The molecule has 0 fully saturated rings. The predicted octanol–water partition coefficient (Wildman–Crippen LogP) is -0.211. The Kier molecular flexibility index (Phi) is 3.74. The van der Waals surface area contributed by atoms with E-state index in [1.54, 1.807) is 22.8 Å². The Hall–Kier alpha value is -1.64. The zero-order valence-corrected chi connectivity index (χ0v) is 11.1. The summed E-state index contributed by atoms with van der Waals surface area (Å²) < 4.78 is 23.6. The Morgan fingerprint density at radius 3 is 2.74 bits per heavy atom. The minimum atomic E-state index is -3.47. The quantitative estimate of drug-likeness (QED) is 0.655. The van der Waals surface area contributed by atoms with Gasteiger partial charge in [-0.2, -0.15) is 0 Å². The van der Waals surface area contributed by atoms with Crippen LogP contribution in [0.3, 0.4) is 0 Å². The highest BCUT2D eigenvalue weighted by Crippen LogP contribution is 2.19. The van der Waals surface area contributed by atoms with Gasteiger partial charge in [-0.05, 0) is 24.6 Å². The molecule has 0 aliphatic heterocycles. The maximum absolute atomic E-state index is 10.9. The Morgan fingerprint density at radius 2 is 2.11 bits per heavy atom. The Balaban J connectivity index is 2.30. The number of aliphatic hydroxyl groups is 1. The van der Waals surface area contributed by atoms with Gasteiger partial charge in [-0.25, -0.2) is 18.5 Å². The molecule has 0 saturated carbocycles. The molecule has 2 rings (SSSR count). The van der Waals surface area contributed by atoms with Crippen LogP contribution in [0.2, 0.25) is 0 Å². The number of hydrogen-bond acceptors (Lipinski definition) is 5. The summed E-state index contributed by atoms with van der Waals surface area (Å²) >= 11 is 0. The first-order chi connectivity index (χ1) is 8.90. The van der Waals surface area contributed by atoms with Crippen molar-refractivity contribution in [1.29, 1.82) is 0 Å². The highest BCUT2D eigenvalue weighted by atomic mass is 32.2. The number of hydrogen-bond donors (Lipinski definition) is 3. The zero-order valence-electron chi connectivity index (χ0n) is 10.3. The first-order valence-corrected chi connectivity index (χ1v) is 7.48. The molecular weight excluding hydrogens is 268 g/mol. The molecule has 7 nitrogen and oxygen atoms in total. The molecule has 1 aromatic carbocycles. The molecule has 8 heteroatoms. The van der Waals surface area contributed by atoms with Crippen molar-refractivity contribution >= 4 is 26.7 Å². The number of sulfonamides is 1. The average Bonchev–Trinajstić information content (AvgIpc) is 2.65. The van der Waals surface area contributed by atoms with Crippen LogP contribution in [0.15, 0.2) is 18.2 Å². The molecule has 19 heavy (non-hydrogen) atoms. The monoisotopic (exact) mass is 284 g/mol. The maximum Gasteiger partial charge on any atom is 0.209 e. The van der Waals surface area contributed by atoms with Gasteiger partial charge in [-0.15, -0.1) is 0 Å². The fraction of sp³-hybridized carbons (Fsp3) is 0.364. The van der Waals surface area contributed by atoms with Gasteiger partial charge < -0.3 is 15.4 Å². The molecule has 0 bridgehead atoms. The Bertz CT molecular complexity index is 693. The molecule has 0 saturated heterocycles. The van der Waals surface area contributed by atoms with E-state index in [9.17, 15) is 13.5 Å². The largest absolute Gasteiger partial charge is 0.399 e. The number of nitrogens with zero attached hydrogens (tertiary/aromatic N) is 2. The summed E-state index contributed by atoms with van der Waals surface area (Å²) in [6.07, 6.45) is 0.363. The SMILES string of the molecule is Nc1ccc2c(c1)nc(CO)n2CCCS(N)(=O)=O. The summed E-state index contributed by atoms with van der Waals surface area (Å²) in [5.41, 5.74) is 7.76. The van der Waals surface area contributed by atoms with Crippen molar-refractivity contribution < 1.29 is 13.5 Å². The second kappa shape index (κ2) is 5.16. The van der Waals surface area contributed by atoms with Gasteiger partial charge in [0.15, 0.2) is 0 Å². The second-order valence-electron chi connectivity index (χ2n) is 4.31. The van der Waals surface area contributed by atoms with Crippen LogP contribution >= 0.6 is 0 Å². The van der Waals surface area contributed by atoms with E-state index in [0.717, 1.165) is 5.52 Å². The van der Waals surface area contributed by atoms with Gasteiger partial charge in [0, 0.05) is 12.2 Å². The minimum Gasteiger partial charge on any atom is -0.399 e. The van der Waals surface area contributed by atoms with Crippen LogP contribution in [0.5, 0.6) is 0 Å². The topological polar surface area (TPSA) is 124 Å². The van der Waals surface area contributed by atoms with E-state index in [1.165, 1.54) is 0 Å². The minimum absolute atomic E-state index is 0.105. The summed E-state index contributed by atoms with van der Waals surface area (Å²) in [6.45, 7) is 0.205. The van der Waals surface area contributed by atoms with Gasteiger partial charge in [0.05, 0.1) is 16.8 Å². The Labute approximate surface area is 110 Å². The number of nitrogens with two attached hydrogens (primary N) is 2. The molecule has 0 atom stereocenters. The Morgan fingerprint density at radius 1 is 1.37 bits per heavy atom.